The van der Waals surface area contributed by atoms with Gasteiger partial charge in [-0.25, -0.2) is 24.1 Å². The molecular weight excluding hydrogens is 374 g/mol. The molecule has 9 heteroatoms. The number of aryl methyl sites for hydroxylation is 1. The van der Waals surface area contributed by atoms with Crippen LogP contribution in [0.25, 0.3) is 28.2 Å². The molecule has 0 bridgehead atoms. The van der Waals surface area contributed by atoms with Crippen LogP contribution in [0.1, 0.15) is 26.4 Å². The van der Waals surface area contributed by atoms with E-state index in [-0.39, 0.29) is 28.2 Å². The number of aromatic carboxylic acids is 1. The van der Waals surface area contributed by atoms with E-state index in [4.69, 9.17) is 10.8 Å². The zero-order valence-corrected chi connectivity index (χ0v) is 15.2. The fourth-order valence-electron chi connectivity index (χ4n) is 2.99. The summed E-state index contributed by atoms with van der Waals surface area (Å²) in [7, 11) is 0. The average Bonchev–Trinajstić information content (AvgIpc) is 3.03. The molecule has 0 spiro atoms. The van der Waals surface area contributed by atoms with E-state index >= 15 is 0 Å². The van der Waals surface area contributed by atoms with Crippen molar-refractivity contribution in [1.82, 2.24) is 19.5 Å². The number of hydrogen-bond donors (Lipinski definition) is 3. The Kier molecular flexibility index (Phi) is 4.19. The van der Waals surface area contributed by atoms with Gasteiger partial charge in [-0.05, 0) is 31.2 Å². The van der Waals surface area contributed by atoms with Gasteiger partial charge in [0.05, 0.1) is 11.3 Å². The second kappa shape index (κ2) is 6.71. The predicted molar refractivity (Wildman–Crippen MR) is 105 cm³/mol. The average molecular weight is 389 g/mol. The number of carboxylic acids is 1. The first-order valence-electron chi connectivity index (χ1n) is 8.58. The monoisotopic (exact) mass is 389 g/mol. The molecule has 0 aliphatic carbocycles. The summed E-state index contributed by atoms with van der Waals surface area (Å²) in [6.07, 6.45) is 0. The molecule has 2 heterocycles. The van der Waals surface area contributed by atoms with Crippen LogP contribution in [0, 0.1) is 6.92 Å². The van der Waals surface area contributed by atoms with E-state index in [1.807, 2.05) is 19.1 Å². The number of imidazole rings is 1. The van der Waals surface area contributed by atoms with Crippen molar-refractivity contribution in [3.05, 3.63) is 75.8 Å². The Balaban J connectivity index is 1.99. The van der Waals surface area contributed by atoms with Crippen LogP contribution in [0.4, 0.5) is 0 Å². The van der Waals surface area contributed by atoms with Crippen LogP contribution in [0.5, 0.6) is 0 Å². The smallest absolute Gasteiger partial charge is 0.335 e. The molecule has 2 aromatic carbocycles. The summed E-state index contributed by atoms with van der Waals surface area (Å²) in [6.45, 7) is 1.92. The lowest BCUT2D eigenvalue weighted by atomic mass is 10.1. The SMILES string of the molecule is Cc1ccc(-n2c(=O)[nH]c3c(C(N)=O)nc(-c4ccc(C(=O)O)cc4)nc32)cc1. The van der Waals surface area contributed by atoms with Crippen molar-refractivity contribution in [2.24, 2.45) is 5.73 Å². The number of nitrogens with zero attached hydrogens (tertiary/aromatic N) is 3. The summed E-state index contributed by atoms with van der Waals surface area (Å²) >= 11 is 0. The third-order valence-electron chi connectivity index (χ3n) is 4.45. The molecule has 9 nitrogen and oxygen atoms in total. The number of H-pyrrole nitrogens is 1. The van der Waals surface area contributed by atoms with Crippen LogP contribution in [-0.4, -0.2) is 36.5 Å². The number of aromatic amines is 1. The minimum Gasteiger partial charge on any atom is -0.478 e. The first-order chi connectivity index (χ1) is 13.8. The quantitative estimate of drug-likeness (QED) is 0.486. The van der Waals surface area contributed by atoms with Crippen LogP contribution in [-0.2, 0) is 0 Å². The standard InChI is InChI=1S/C20H15N5O4/c1-10-2-8-13(9-3-10)25-18-15(23-20(25)29)14(16(21)26)22-17(24-18)11-4-6-12(7-5-11)19(27)28/h2-9H,1H3,(H2,21,26)(H,23,29)(H,27,28). The molecule has 1 amide bonds. The normalized spacial score (nSPS) is 10.9. The molecule has 4 aromatic rings. The Labute approximate surface area is 163 Å². The van der Waals surface area contributed by atoms with Gasteiger partial charge in [-0.15, -0.1) is 0 Å². The van der Waals surface area contributed by atoms with Crippen LogP contribution < -0.4 is 11.4 Å². The molecule has 0 saturated carbocycles. The van der Waals surface area contributed by atoms with Gasteiger partial charge in [0.25, 0.3) is 5.91 Å². The molecule has 0 atom stereocenters. The third kappa shape index (κ3) is 3.14. The van der Waals surface area contributed by atoms with E-state index in [0.717, 1.165) is 5.56 Å². The number of amides is 1. The van der Waals surface area contributed by atoms with Crippen molar-refractivity contribution in [3.63, 3.8) is 0 Å². The van der Waals surface area contributed by atoms with Gasteiger partial charge in [0, 0.05) is 5.56 Å². The molecule has 144 valence electrons. The molecule has 0 saturated heterocycles. The highest BCUT2D eigenvalue weighted by molar-refractivity contribution is 6.02. The largest absolute Gasteiger partial charge is 0.478 e. The van der Waals surface area contributed by atoms with Crippen LogP contribution >= 0.6 is 0 Å². The van der Waals surface area contributed by atoms with Crippen LogP contribution in [0.15, 0.2) is 53.3 Å². The fourth-order valence-corrected chi connectivity index (χ4v) is 2.99. The second-order valence-corrected chi connectivity index (χ2v) is 6.44. The summed E-state index contributed by atoms with van der Waals surface area (Å²) in [6, 6.07) is 13.1. The first kappa shape index (κ1) is 18.1. The highest BCUT2D eigenvalue weighted by Crippen LogP contribution is 2.22. The van der Waals surface area contributed by atoms with E-state index in [0.29, 0.717) is 11.3 Å². The van der Waals surface area contributed by atoms with Crippen molar-refractivity contribution in [2.75, 3.05) is 0 Å². The number of carbonyl (C=O) groups excluding carboxylic acids is 1. The van der Waals surface area contributed by atoms with Gasteiger partial charge in [-0.3, -0.25) is 4.79 Å². The number of fused-ring (bicyclic) bond motifs is 1. The van der Waals surface area contributed by atoms with E-state index in [1.165, 1.54) is 28.8 Å². The molecule has 4 rings (SSSR count). The number of hydrogen-bond acceptors (Lipinski definition) is 5. The van der Waals surface area contributed by atoms with Gasteiger partial charge < -0.3 is 15.8 Å². The summed E-state index contributed by atoms with van der Waals surface area (Å²) < 4.78 is 1.33. The molecule has 4 N–H and O–H groups in total. The third-order valence-corrected chi connectivity index (χ3v) is 4.45. The van der Waals surface area contributed by atoms with Crippen LogP contribution in [0.2, 0.25) is 0 Å². The molecule has 0 unspecified atom stereocenters. The molecule has 0 fully saturated rings. The minimum absolute atomic E-state index is 0.100. The Bertz CT molecular complexity index is 1320. The van der Waals surface area contributed by atoms with Gasteiger partial charge >= 0.3 is 11.7 Å². The Morgan fingerprint density at radius 2 is 1.69 bits per heavy atom. The number of carboxylic acid groups (broad SMARTS) is 1. The molecule has 0 aliphatic heterocycles. The summed E-state index contributed by atoms with van der Waals surface area (Å²) in [5.74, 6) is -1.74. The van der Waals surface area contributed by atoms with Crippen molar-refractivity contribution in [1.29, 1.82) is 0 Å². The zero-order chi connectivity index (χ0) is 20.7. The van der Waals surface area contributed by atoms with Crippen LogP contribution in [0.3, 0.4) is 0 Å². The van der Waals surface area contributed by atoms with E-state index in [9.17, 15) is 14.4 Å². The van der Waals surface area contributed by atoms with Gasteiger partial charge in [0.15, 0.2) is 17.2 Å². The van der Waals surface area contributed by atoms with Crippen molar-refractivity contribution < 1.29 is 14.7 Å². The zero-order valence-electron chi connectivity index (χ0n) is 15.2. The number of carbonyl (C=O) groups is 2. The maximum absolute atomic E-state index is 12.6. The highest BCUT2D eigenvalue weighted by atomic mass is 16.4. The maximum Gasteiger partial charge on any atom is 0.335 e. The molecule has 29 heavy (non-hydrogen) atoms. The van der Waals surface area contributed by atoms with Gasteiger partial charge in [0.1, 0.15) is 5.52 Å². The number of nitrogens with two attached hydrogens (primary N) is 1. The number of benzene rings is 2. The maximum atomic E-state index is 12.6. The van der Waals surface area contributed by atoms with Gasteiger partial charge in [0.2, 0.25) is 0 Å². The minimum atomic E-state index is -1.07. The lowest BCUT2D eigenvalue weighted by molar-refractivity contribution is 0.0696. The summed E-state index contributed by atoms with van der Waals surface area (Å²) in [4.78, 5) is 46.9. The fraction of sp³-hybridized carbons (Fsp3) is 0.0500. The van der Waals surface area contributed by atoms with E-state index < -0.39 is 17.6 Å². The van der Waals surface area contributed by atoms with Gasteiger partial charge in [-0.2, -0.15) is 0 Å². The number of primary amides is 1. The topological polar surface area (TPSA) is 144 Å². The lowest BCUT2D eigenvalue weighted by Gasteiger charge is -2.07. The molecule has 2 aromatic heterocycles. The molecular formula is C20H15N5O4. The number of aromatic nitrogens is 4. The van der Waals surface area contributed by atoms with E-state index in [1.54, 1.807) is 12.1 Å². The highest BCUT2D eigenvalue weighted by Gasteiger charge is 2.20. The Morgan fingerprint density at radius 3 is 2.28 bits per heavy atom. The van der Waals surface area contributed by atoms with Crippen molar-refractivity contribution >= 4 is 23.0 Å². The van der Waals surface area contributed by atoms with Crippen molar-refractivity contribution in [2.45, 2.75) is 6.92 Å². The second-order valence-electron chi connectivity index (χ2n) is 6.44. The first-order valence-corrected chi connectivity index (χ1v) is 8.58. The van der Waals surface area contributed by atoms with E-state index in [2.05, 4.69) is 15.0 Å². The summed E-state index contributed by atoms with van der Waals surface area (Å²) in [5, 5.41) is 9.05. The Morgan fingerprint density at radius 1 is 1.03 bits per heavy atom. The Hall–Kier alpha value is -4.27. The molecule has 0 radical (unpaired) electrons. The molecule has 0 aliphatic rings. The number of rotatable bonds is 4. The lowest BCUT2D eigenvalue weighted by Crippen LogP contribution is -2.15. The number of nitrogens with one attached hydrogen (secondary N) is 1. The summed E-state index contributed by atoms with van der Waals surface area (Å²) in [5.41, 5.74) is 7.34. The van der Waals surface area contributed by atoms with Crippen molar-refractivity contribution in [3.8, 4) is 17.1 Å². The van der Waals surface area contributed by atoms with Gasteiger partial charge in [-0.1, -0.05) is 29.8 Å². The predicted octanol–water partition coefficient (Wildman–Crippen LogP) is 1.88.